The molecule has 1 aromatic rings. The largest absolute Gasteiger partial charge is 0.341 e. The summed E-state index contributed by atoms with van der Waals surface area (Å²) in [4.78, 5) is 35.1. The van der Waals surface area contributed by atoms with Crippen LogP contribution in [0.3, 0.4) is 0 Å². The molecule has 8 heteroatoms. The molecule has 2 fully saturated rings. The molecule has 0 radical (unpaired) electrons. The minimum atomic E-state index is -0.344. The third-order valence-electron chi connectivity index (χ3n) is 6.19. The van der Waals surface area contributed by atoms with Crippen LogP contribution in [0.15, 0.2) is 17.6 Å². The molecule has 174 valence electrons. The highest BCUT2D eigenvalue weighted by atomic mass is 32.2. The van der Waals surface area contributed by atoms with Crippen molar-refractivity contribution < 1.29 is 9.59 Å². The van der Waals surface area contributed by atoms with Gasteiger partial charge in [0.2, 0.25) is 11.8 Å². The number of imidazole rings is 1. The van der Waals surface area contributed by atoms with Crippen molar-refractivity contribution in [1.29, 1.82) is 0 Å². The summed E-state index contributed by atoms with van der Waals surface area (Å²) in [6, 6.07) is -0.515. The van der Waals surface area contributed by atoms with Gasteiger partial charge in [-0.05, 0) is 37.5 Å². The lowest BCUT2D eigenvalue weighted by Crippen LogP contribution is -2.62. The van der Waals surface area contributed by atoms with E-state index in [9.17, 15) is 9.59 Å². The molecule has 1 unspecified atom stereocenters. The maximum Gasteiger partial charge on any atom is 0.245 e. The monoisotopic (exact) mass is 449 g/mol. The standard InChI is InChI=1S/C23H39N5O2S/c1-16(2)14-19-21(29)28(13-9-24-19)20(15-17(3)4)22(30)27-10-6-18(7-11-27)31-23-25-8-12-26(23)5/h8,12,16-20,24H,6-7,9-11,13-15H2,1-5H3/t19-,20?/m0/s1. The van der Waals surface area contributed by atoms with E-state index in [2.05, 4.69) is 38.0 Å². The molecular formula is C23H39N5O2S. The Kier molecular flexibility index (Phi) is 8.44. The Hall–Kier alpha value is -1.54. The van der Waals surface area contributed by atoms with Crippen molar-refractivity contribution in [2.24, 2.45) is 18.9 Å². The van der Waals surface area contributed by atoms with E-state index in [1.807, 2.05) is 33.8 Å². The summed E-state index contributed by atoms with van der Waals surface area (Å²) >= 11 is 1.81. The van der Waals surface area contributed by atoms with Crippen LogP contribution in [0.2, 0.25) is 0 Å². The first kappa shape index (κ1) is 24.1. The van der Waals surface area contributed by atoms with Gasteiger partial charge in [-0.1, -0.05) is 39.5 Å². The minimum absolute atomic E-state index is 0.0965. The van der Waals surface area contributed by atoms with Crippen LogP contribution in [-0.2, 0) is 16.6 Å². The molecule has 2 aliphatic heterocycles. The molecule has 0 spiro atoms. The zero-order valence-corrected chi connectivity index (χ0v) is 20.5. The molecule has 0 aliphatic carbocycles. The zero-order chi connectivity index (χ0) is 22.5. The summed E-state index contributed by atoms with van der Waals surface area (Å²) in [6.45, 7) is 11.4. The lowest BCUT2D eigenvalue weighted by Gasteiger charge is -2.42. The Morgan fingerprint density at radius 2 is 1.90 bits per heavy atom. The first-order valence-electron chi connectivity index (χ1n) is 11.7. The van der Waals surface area contributed by atoms with Gasteiger partial charge in [0, 0.05) is 50.9 Å². The predicted octanol–water partition coefficient (Wildman–Crippen LogP) is 2.76. The molecular weight excluding hydrogens is 410 g/mol. The van der Waals surface area contributed by atoms with Gasteiger partial charge in [0.15, 0.2) is 5.16 Å². The normalized spacial score (nSPS) is 21.9. The molecule has 1 aromatic heterocycles. The van der Waals surface area contributed by atoms with Crippen LogP contribution in [0.25, 0.3) is 0 Å². The van der Waals surface area contributed by atoms with Crippen molar-refractivity contribution in [3.63, 3.8) is 0 Å². The number of hydrogen-bond donors (Lipinski definition) is 1. The molecule has 2 amide bonds. The number of hydrogen-bond acceptors (Lipinski definition) is 5. The number of carbonyl (C=O) groups excluding carboxylic acids is 2. The summed E-state index contributed by atoms with van der Waals surface area (Å²) in [6.07, 6.45) is 7.25. The molecule has 0 saturated carbocycles. The van der Waals surface area contributed by atoms with Crippen LogP contribution in [0.4, 0.5) is 0 Å². The van der Waals surface area contributed by atoms with E-state index in [-0.39, 0.29) is 23.9 Å². The number of carbonyl (C=O) groups is 2. The third-order valence-corrected chi connectivity index (χ3v) is 7.60. The van der Waals surface area contributed by atoms with Crippen molar-refractivity contribution in [1.82, 2.24) is 24.7 Å². The van der Waals surface area contributed by atoms with Gasteiger partial charge in [0.25, 0.3) is 0 Å². The maximum absolute atomic E-state index is 13.6. The summed E-state index contributed by atoms with van der Waals surface area (Å²) in [5, 5.41) is 4.87. The van der Waals surface area contributed by atoms with E-state index in [0.29, 0.717) is 23.6 Å². The van der Waals surface area contributed by atoms with E-state index < -0.39 is 0 Å². The summed E-state index contributed by atoms with van der Waals surface area (Å²) in [5.74, 6) is 1.03. The maximum atomic E-state index is 13.6. The smallest absolute Gasteiger partial charge is 0.245 e. The number of nitrogens with zero attached hydrogens (tertiary/aromatic N) is 4. The van der Waals surface area contributed by atoms with Crippen LogP contribution in [0.1, 0.15) is 53.4 Å². The van der Waals surface area contributed by atoms with Crippen molar-refractivity contribution in [3.05, 3.63) is 12.4 Å². The first-order chi connectivity index (χ1) is 14.8. The second-order valence-electron chi connectivity index (χ2n) is 9.78. The quantitative estimate of drug-likeness (QED) is 0.661. The molecule has 0 aromatic carbocycles. The van der Waals surface area contributed by atoms with Gasteiger partial charge in [-0.3, -0.25) is 9.59 Å². The average molecular weight is 450 g/mol. The highest BCUT2D eigenvalue weighted by Gasteiger charge is 2.39. The fourth-order valence-corrected chi connectivity index (χ4v) is 5.64. The lowest BCUT2D eigenvalue weighted by atomic mass is 9.96. The Labute approximate surface area is 191 Å². The zero-order valence-electron chi connectivity index (χ0n) is 19.7. The Balaban J connectivity index is 1.63. The number of nitrogens with one attached hydrogen (secondary N) is 1. The number of aryl methyl sites for hydroxylation is 1. The molecule has 0 bridgehead atoms. The SMILES string of the molecule is CC(C)CC(C(=O)N1CCC(Sc2nccn2C)CC1)N1CCN[C@@H](CC(C)C)C1=O. The second-order valence-corrected chi connectivity index (χ2v) is 11.0. The van der Waals surface area contributed by atoms with E-state index in [1.54, 1.807) is 11.8 Å². The van der Waals surface area contributed by atoms with Gasteiger partial charge >= 0.3 is 0 Å². The number of piperidine rings is 1. The van der Waals surface area contributed by atoms with Crippen LogP contribution >= 0.6 is 11.8 Å². The van der Waals surface area contributed by atoms with Crippen molar-refractivity contribution in [3.8, 4) is 0 Å². The summed E-state index contributed by atoms with van der Waals surface area (Å²) in [5.41, 5.74) is 0. The predicted molar refractivity (Wildman–Crippen MR) is 125 cm³/mol. The fraction of sp³-hybridized carbons (Fsp3) is 0.783. The Morgan fingerprint density at radius 3 is 2.48 bits per heavy atom. The Morgan fingerprint density at radius 1 is 1.19 bits per heavy atom. The number of thioether (sulfide) groups is 1. The van der Waals surface area contributed by atoms with Crippen LogP contribution in [0.5, 0.6) is 0 Å². The molecule has 7 nitrogen and oxygen atoms in total. The highest BCUT2D eigenvalue weighted by molar-refractivity contribution is 7.99. The van der Waals surface area contributed by atoms with E-state index in [0.717, 1.165) is 50.5 Å². The molecule has 3 heterocycles. The molecule has 2 saturated heterocycles. The topological polar surface area (TPSA) is 70.5 Å². The van der Waals surface area contributed by atoms with Crippen molar-refractivity contribution >= 4 is 23.6 Å². The van der Waals surface area contributed by atoms with Crippen LogP contribution in [-0.4, -0.2) is 74.7 Å². The van der Waals surface area contributed by atoms with Gasteiger partial charge in [-0.2, -0.15) is 0 Å². The van der Waals surface area contributed by atoms with E-state index >= 15 is 0 Å². The molecule has 31 heavy (non-hydrogen) atoms. The number of amides is 2. The lowest BCUT2D eigenvalue weighted by molar-refractivity contribution is -0.150. The third kappa shape index (κ3) is 6.25. The highest BCUT2D eigenvalue weighted by Crippen LogP contribution is 2.30. The average Bonchev–Trinajstić information content (AvgIpc) is 3.12. The van der Waals surface area contributed by atoms with Gasteiger partial charge in [-0.25, -0.2) is 4.98 Å². The van der Waals surface area contributed by atoms with Crippen LogP contribution < -0.4 is 5.32 Å². The fourth-order valence-electron chi connectivity index (χ4n) is 4.55. The second kappa shape index (κ2) is 10.9. The van der Waals surface area contributed by atoms with Gasteiger partial charge in [0.1, 0.15) is 6.04 Å². The van der Waals surface area contributed by atoms with E-state index in [1.165, 1.54) is 0 Å². The van der Waals surface area contributed by atoms with Crippen molar-refractivity contribution in [2.45, 2.75) is 75.9 Å². The molecule has 2 atom stereocenters. The van der Waals surface area contributed by atoms with Gasteiger partial charge in [0.05, 0.1) is 6.04 Å². The number of aromatic nitrogens is 2. The summed E-state index contributed by atoms with van der Waals surface area (Å²) < 4.78 is 2.05. The first-order valence-corrected chi connectivity index (χ1v) is 12.6. The van der Waals surface area contributed by atoms with Gasteiger partial charge < -0.3 is 19.7 Å². The number of rotatable bonds is 8. The van der Waals surface area contributed by atoms with Gasteiger partial charge in [-0.15, -0.1) is 0 Å². The number of piperazine rings is 1. The molecule has 2 aliphatic rings. The number of likely N-dealkylation sites (tertiary alicyclic amines) is 1. The molecule has 1 N–H and O–H groups in total. The van der Waals surface area contributed by atoms with Crippen LogP contribution in [0, 0.1) is 11.8 Å². The Bertz CT molecular complexity index is 742. The molecule has 3 rings (SSSR count). The van der Waals surface area contributed by atoms with Crippen molar-refractivity contribution in [2.75, 3.05) is 26.2 Å². The van der Waals surface area contributed by atoms with E-state index in [4.69, 9.17) is 0 Å². The summed E-state index contributed by atoms with van der Waals surface area (Å²) in [7, 11) is 2.02. The minimum Gasteiger partial charge on any atom is -0.341 e.